The van der Waals surface area contributed by atoms with Gasteiger partial charge in [0.15, 0.2) is 5.82 Å². The van der Waals surface area contributed by atoms with Crippen LogP contribution in [0.2, 0.25) is 0 Å². The highest BCUT2D eigenvalue weighted by Crippen LogP contribution is 2.29. The zero-order valence-corrected chi connectivity index (χ0v) is 13.4. The van der Waals surface area contributed by atoms with Gasteiger partial charge in [-0.1, -0.05) is 34.9 Å². The standard InChI is InChI=1S/C13H13BrN2O3S/c1-7(2)12-15-11(16-19-12)6-20-10-5-8(14)3-4-9(10)13(17)18/h3-5,7H,6H2,1-2H3,(H,17,18). The molecule has 0 aliphatic carbocycles. The van der Waals surface area contributed by atoms with Gasteiger partial charge in [-0.05, 0) is 18.2 Å². The maximum Gasteiger partial charge on any atom is 0.336 e. The fraction of sp³-hybridized carbons (Fsp3) is 0.308. The average Bonchev–Trinajstić information content (AvgIpc) is 2.85. The molecule has 0 aliphatic heterocycles. The highest BCUT2D eigenvalue weighted by molar-refractivity contribution is 9.10. The van der Waals surface area contributed by atoms with Crippen LogP contribution in [0.3, 0.4) is 0 Å². The lowest BCUT2D eigenvalue weighted by atomic mass is 10.2. The highest BCUT2D eigenvalue weighted by atomic mass is 79.9. The fourth-order valence-corrected chi connectivity index (χ4v) is 2.93. The molecule has 0 unspecified atom stereocenters. The second-order valence-electron chi connectivity index (χ2n) is 4.44. The molecule has 0 saturated carbocycles. The van der Waals surface area contributed by atoms with E-state index < -0.39 is 5.97 Å². The summed E-state index contributed by atoms with van der Waals surface area (Å²) >= 11 is 4.71. The van der Waals surface area contributed by atoms with Crippen molar-refractivity contribution in [2.75, 3.05) is 0 Å². The van der Waals surface area contributed by atoms with Gasteiger partial charge in [-0.25, -0.2) is 4.79 Å². The predicted molar refractivity (Wildman–Crippen MR) is 79.0 cm³/mol. The first kappa shape index (κ1) is 15.1. The van der Waals surface area contributed by atoms with Crippen molar-refractivity contribution >= 4 is 33.7 Å². The number of carboxylic acids is 1. The van der Waals surface area contributed by atoms with Crippen molar-refractivity contribution in [1.82, 2.24) is 10.1 Å². The van der Waals surface area contributed by atoms with Gasteiger partial charge in [-0.2, -0.15) is 4.98 Å². The molecule has 0 atom stereocenters. The number of rotatable bonds is 5. The van der Waals surface area contributed by atoms with E-state index in [1.165, 1.54) is 11.8 Å². The third-order valence-electron chi connectivity index (χ3n) is 2.51. The molecule has 0 amide bonds. The summed E-state index contributed by atoms with van der Waals surface area (Å²) in [6.45, 7) is 3.95. The van der Waals surface area contributed by atoms with E-state index in [1.54, 1.807) is 18.2 Å². The third-order valence-corrected chi connectivity index (χ3v) is 4.05. The van der Waals surface area contributed by atoms with Crippen LogP contribution in [0.25, 0.3) is 0 Å². The van der Waals surface area contributed by atoms with Crippen LogP contribution < -0.4 is 0 Å². The van der Waals surface area contributed by atoms with Crippen LogP contribution in [-0.2, 0) is 5.75 Å². The quantitative estimate of drug-likeness (QED) is 0.817. The van der Waals surface area contributed by atoms with E-state index in [0.29, 0.717) is 22.4 Å². The van der Waals surface area contributed by atoms with Crippen molar-refractivity contribution in [2.24, 2.45) is 0 Å². The number of carboxylic acid groups (broad SMARTS) is 1. The number of aromatic carboxylic acids is 1. The number of hydrogen-bond acceptors (Lipinski definition) is 5. The number of halogens is 1. The topological polar surface area (TPSA) is 76.2 Å². The summed E-state index contributed by atoms with van der Waals surface area (Å²) in [5, 5.41) is 13.0. The molecule has 7 heteroatoms. The Bertz CT molecular complexity index is 628. The monoisotopic (exact) mass is 356 g/mol. The zero-order valence-electron chi connectivity index (χ0n) is 11.0. The van der Waals surface area contributed by atoms with Crippen molar-refractivity contribution in [2.45, 2.75) is 30.4 Å². The van der Waals surface area contributed by atoms with E-state index in [0.717, 1.165) is 4.47 Å². The smallest absolute Gasteiger partial charge is 0.336 e. The van der Waals surface area contributed by atoms with Gasteiger partial charge < -0.3 is 9.63 Å². The number of benzene rings is 1. The van der Waals surface area contributed by atoms with Gasteiger partial charge in [0.25, 0.3) is 0 Å². The molecule has 0 saturated heterocycles. The summed E-state index contributed by atoms with van der Waals surface area (Å²) in [5.41, 5.74) is 0.269. The molecule has 1 aromatic carbocycles. The molecule has 1 aromatic heterocycles. The summed E-state index contributed by atoms with van der Waals surface area (Å²) < 4.78 is 5.95. The van der Waals surface area contributed by atoms with Crippen LogP contribution in [0.5, 0.6) is 0 Å². The Morgan fingerprint density at radius 3 is 2.85 bits per heavy atom. The Labute approximate surface area is 128 Å². The molecule has 0 bridgehead atoms. The Kier molecular flexibility index (Phi) is 4.82. The average molecular weight is 357 g/mol. The Morgan fingerprint density at radius 1 is 1.50 bits per heavy atom. The number of aromatic nitrogens is 2. The first-order valence-electron chi connectivity index (χ1n) is 5.95. The minimum Gasteiger partial charge on any atom is -0.478 e. The summed E-state index contributed by atoms with van der Waals surface area (Å²) in [6.07, 6.45) is 0. The minimum atomic E-state index is -0.948. The maximum absolute atomic E-state index is 11.2. The molecule has 1 N–H and O–H groups in total. The van der Waals surface area contributed by atoms with E-state index in [2.05, 4.69) is 26.1 Å². The largest absolute Gasteiger partial charge is 0.478 e. The number of thioether (sulfide) groups is 1. The number of carbonyl (C=O) groups is 1. The van der Waals surface area contributed by atoms with Crippen LogP contribution in [-0.4, -0.2) is 21.2 Å². The van der Waals surface area contributed by atoms with Gasteiger partial charge >= 0.3 is 5.97 Å². The first-order chi connectivity index (χ1) is 9.47. The predicted octanol–water partition coefficient (Wildman–Crippen LogP) is 3.95. The summed E-state index contributed by atoms with van der Waals surface area (Å²) in [6, 6.07) is 5.06. The summed E-state index contributed by atoms with van der Waals surface area (Å²) in [5.74, 6) is 0.855. The Balaban J connectivity index is 2.13. The van der Waals surface area contributed by atoms with E-state index in [-0.39, 0.29) is 11.5 Å². The SMILES string of the molecule is CC(C)c1nc(CSc2cc(Br)ccc2C(=O)O)no1. The minimum absolute atomic E-state index is 0.182. The maximum atomic E-state index is 11.2. The number of nitrogens with zero attached hydrogens (tertiary/aromatic N) is 2. The van der Waals surface area contributed by atoms with Crippen LogP contribution >= 0.6 is 27.7 Å². The van der Waals surface area contributed by atoms with Gasteiger partial charge in [0.1, 0.15) is 0 Å². The fourth-order valence-electron chi connectivity index (χ4n) is 1.50. The van der Waals surface area contributed by atoms with Gasteiger partial charge in [-0.15, -0.1) is 11.8 Å². The molecular formula is C13H13BrN2O3S. The van der Waals surface area contributed by atoms with Crippen LogP contribution in [0.1, 0.15) is 41.8 Å². The molecule has 5 nitrogen and oxygen atoms in total. The van der Waals surface area contributed by atoms with Crippen LogP contribution in [0, 0.1) is 0 Å². The molecular weight excluding hydrogens is 344 g/mol. The second kappa shape index (κ2) is 6.41. The Morgan fingerprint density at radius 2 is 2.25 bits per heavy atom. The van der Waals surface area contributed by atoms with Crippen molar-refractivity contribution in [3.05, 3.63) is 40.0 Å². The molecule has 2 rings (SSSR count). The van der Waals surface area contributed by atoms with E-state index in [9.17, 15) is 4.79 Å². The zero-order chi connectivity index (χ0) is 14.7. The molecule has 0 spiro atoms. The lowest BCUT2D eigenvalue weighted by Crippen LogP contribution is -1.99. The van der Waals surface area contributed by atoms with Crippen molar-refractivity contribution in [3.8, 4) is 0 Å². The first-order valence-corrected chi connectivity index (χ1v) is 7.73. The van der Waals surface area contributed by atoms with Gasteiger partial charge in [-0.3, -0.25) is 0 Å². The highest BCUT2D eigenvalue weighted by Gasteiger charge is 2.14. The molecule has 106 valence electrons. The molecule has 20 heavy (non-hydrogen) atoms. The number of hydrogen-bond donors (Lipinski definition) is 1. The molecule has 0 fully saturated rings. The van der Waals surface area contributed by atoms with Gasteiger partial charge in [0.2, 0.25) is 5.89 Å². The lowest BCUT2D eigenvalue weighted by molar-refractivity contribution is 0.0693. The van der Waals surface area contributed by atoms with Crippen molar-refractivity contribution in [3.63, 3.8) is 0 Å². The third kappa shape index (κ3) is 3.61. The summed E-state index contributed by atoms with van der Waals surface area (Å²) in [4.78, 5) is 16.1. The normalized spacial score (nSPS) is 11.0. The molecule has 1 heterocycles. The van der Waals surface area contributed by atoms with E-state index >= 15 is 0 Å². The Hall–Kier alpha value is -1.34. The van der Waals surface area contributed by atoms with Crippen LogP contribution in [0.4, 0.5) is 0 Å². The second-order valence-corrected chi connectivity index (χ2v) is 6.37. The van der Waals surface area contributed by atoms with E-state index in [1.807, 2.05) is 13.8 Å². The molecule has 2 aromatic rings. The van der Waals surface area contributed by atoms with Gasteiger partial charge in [0, 0.05) is 15.3 Å². The molecule has 0 radical (unpaired) electrons. The van der Waals surface area contributed by atoms with Crippen LogP contribution in [0.15, 0.2) is 32.1 Å². The summed E-state index contributed by atoms with van der Waals surface area (Å²) in [7, 11) is 0. The van der Waals surface area contributed by atoms with Crippen molar-refractivity contribution in [1.29, 1.82) is 0 Å². The van der Waals surface area contributed by atoms with Gasteiger partial charge in [0.05, 0.1) is 11.3 Å². The van der Waals surface area contributed by atoms with Crippen molar-refractivity contribution < 1.29 is 14.4 Å². The van der Waals surface area contributed by atoms with E-state index in [4.69, 9.17) is 9.63 Å². The lowest BCUT2D eigenvalue weighted by Gasteiger charge is -2.04. The molecule has 0 aliphatic rings.